The van der Waals surface area contributed by atoms with Crippen LogP contribution >= 0.6 is 11.3 Å². The fourth-order valence-electron chi connectivity index (χ4n) is 3.05. The maximum Gasteiger partial charge on any atom is 0.359 e. The van der Waals surface area contributed by atoms with Crippen molar-refractivity contribution in [3.8, 4) is 5.69 Å². The Hall–Kier alpha value is -3.92. The fraction of sp³-hybridized carbons (Fsp3) is 0.0909. The van der Waals surface area contributed by atoms with E-state index in [2.05, 4.69) is 10.4 Å². The zero-order chi connectivity index (χ0) is 22.8. The van der Waals surface area contributed by atoms with Crippen molar-refractivity contribution in [1.82, 2.24) is 9.78 Å². The van der Waals surface area contributed by atoms with Crippen LogP contribution in [0.15, 0.2) is 58.7 Å². The normalized spacial score (nSPS) is 10.8. The van der Waals surface area contributed by atoms with E-state index in [1.54, 1.807) is 6.92 Å². The molecule has 0 fully saturated rings. The summed E-state index contributed by atoms with van der Waals surface area (Å²) < 4.78 is 32.9. The molecular weight excluding hydrogens is 440 g/mol. The van der Waals surface area contributed by atoms with Crippen molar-refractivity contribution in [3.05, 3.63) is 87.2 Å². The van der Waals surface area contributed by atoms with E-state index < -0.39 is 29.1 Å². The zero-order valence-electron chi connectivity index (χ0n) is 16.6. The lowest BCUT2D eigenvalue weighted by molar-refractivity contribution is 0.0520. The Morgan fingerprint density at radius 3 is 2.56 bits per heavy atom. The Morgan fingerprint density at radius 2 is 1.88 bits per heavy atom. The zero-order valence-corrected chi connectivity index (χ0v) is 17.4. The fourth-order valence-corrected chi connectivity index (χ4v) is 3.98. The van der Waals surface area contributed by atoms with E-state index in [-0.39, 0.29) is 39.3 Å². The first-order valence-corrected chi connectivity index (χ1v) is 10.3. The van der Waals surface area contributed by atoms with Gasteiger partial charge in [0.1, 0.15) is 16.6 Å². The molecule has 0 aliphatic heterocycles. The summed E-state index contributed by atoms with van der Waals surface area (Å²) in [5, 5.41) is 8.61. The molecule has 0 saturated carbocycles. The lowest BCUT2D eigenvalue weighted by atomic mass is 10.2. The minimum atomic E-state index is -0.767. The molecule has 0 unspecified atom stereocenters. The molecule has 32 heavy (non-hydrogen) atoms. The molecule has 2 aromatic heterocycles. The van der Waals surface area contributed by atoms with E-state index in [0.717, 1.165) is 34.2 Å². The second-order valence-electron chi connectivity index (χ2n) is 6.58. The number of thiophene rings is 1. The molecule has 1 N–H and O–H groups in total. The SMILES string of the molecule is CCOC(=O)c1nn(-c2cccc(F)c2)c(=O)c2c(NC(=O)c3ccc(F)cc3)scc12. The van der Waals surface area contributed by atoms with Crippen LogP contribution in [0, 0.1) is 11.6 Å². The van der Waals surface area contributed by atoms with Crippen LogP contribution in [0.3, 0.4) is 0 Å². The van der Waals surface area contributed by atoms with Gasteiger partial charge in [0.15, 0.2) is 5.69 Å². The van der Waals surface area contributed by atoms with Crippen molar-refractivity contribution in [3.63, 3.8) is 0 Å². The number of esters is 1. The molecule has 4 rings (SSSR count). The van der Waals surface area contributed by atoms with E-state index in [1.807, 2.05) is 0 Å². The number of nitrogens with one attached hydrogen (secondary N) is 1. The lowest BCUT2D eigenvalue weighted by Gasteiger charge is -2.10. The summed E-state index contributed by atoms with van der Waals surface area (Å²) in [7, 11) is 0. The van der Waals surface area contributed by atoms with E-state index in [1.165, 1.54) is 35.7 Å². The Morgan fingerprint density at radius 1 is 1.12 bits per heavy atom. The number of carbonyl (C=O) groups excluding carboxylic acids is 2. The second-order valence-corrected chi connectivity index (χ2v) is 7.46. The van der Waals surface area contributed by atoms with Crippen LogP contribution in [-0.4, -0.2) is 28.3 Å². The highest BCUT2D eigenvalue weighted by atomic mass is 32.1. The van der Waals surface area contributed by atoms with Crippen LogP contribution in [0.5, 0.6) is 0 Å². The molecule has 1 amide bonds. The first-order chi connectivity index (χ1) is 15.4. The van der Waals surface area contributed by atoms with Gasteiger partial charge in [0.25, 0.3) is 11.5 Å². The average Bonchev–Trinajstić information content (AvgIpc) is 3.18. The van der Waals surface area contributed by atoms with E-state index in [9.17, 15) is 23.2 Å². The number of carbonyl (C=O) groups is 2. The minimum Gasteiger partial charge on any atom is -0.461 e. The summed E-state index contributed by atoms with van der Waals surface area (Å²) in [5.74, 6) is -2.42. The van der Waals surface area contributed by atoms with Gasteiger partial charge in [-0.1, -0.05) is 6.07 Å². The molecule has 7 nitrogen and oxygen atoms in total. The van der Waals surface area contributed by atoms with Gasteiger partial charge >= 0.3 is 5.97 Å². The van der Waals surface area contributed by atoms with Crippen molar-refractivity contribution < 1.29 is 23.1 Å². The molecule has 0 aliphatic carbocycles. The second kappa shape index (κ2) is 8.67. The predicted octanol–water partition coefficient (Wildman–Crippen LogP) is 4.15. The number of anilines is 1. The number of fused-ring (bicyclic) bond motifs is 1. The smallest absolute Gasteiger partial charge is 0.359 e. The third-order valence-corrected chi connectivity index (χ3v) is 5.40. The number of nitrogens with zero attached hydrogens (tertiary/aromatic N) is 2. The molecule has 162 valence electrons. The van der Waals surface area contributed by atoms with E-state index >= 15 is 0 Å². The Balaban J connectivity index is 1.88. The summed E-state index contributed by atoms with van der Waals surface area (Å²) in [6, 6.07) is 10.0. The third-order valence-electron chi connectivity index (χ3n) is 4.51. The maximum atomic E-state index is 13.8. The number of hydrogen-bond acceptors (Lipinski definition) is 6. The van der Waals surface area contributed by atoms with Gasteiger partial charge in [-0.2, -0.15) is 9.78 Å². The molecule has 0 saturated heterocycles. The van der Waals surface area contributed by atoms with Crippen LogP contribution in [0.2, 0.25) is 0 Å². The third kappa shape index (κ3) is 4.00. The molecular formula is C22H15F2N3O4S. The predicted molar refractivity (Wildman–Crippen MR) is 115 cm³/mol. The highest BCUT2D eigenvalue weighted by molar-refractivity contribution is 7.16. The number of amides is 1. The molecule has 2 aromatic carbocycles. The van der Waals surface area contributed by atoms with Gasteiger partial charge in [-0.15, -0.1) is 11.3 Å². The molecule has 0 spiro atoms. The summed E-state index contributed by atoms with van der Waals surface area (Å²) in [6.45, 7) is 1.71. The highest BCUT2D eigenvalue weighted by Crippen LogP contribution is 2.31. The first kappa shape index (κ1) is 21.3. The van der Waals surface area contributed by atoms with Crippen LogP contribution in [0.4, 0.5) is 13.8 Å². The standard InChI is InChI=1S/C22H15F2N3O4S/c1-2-31-22(30)18-16-11-32-20(25-19(28)12-6-8-13(23)9-7-12)17(16)21(29)27(26-18)15-5-3-4-14(24)10-15/h3-11H,2H2,1H3,(H,25,28). The topological polar surface area (TPSA) is 90.3 Å². The van der Waals surface area contributed by atoms with Crippen molar-refractivity contribution in [2.45, 2.75) is 6.92 Å². The maximum absolute atomic E-state index is 13.8. The van der Waals surface area contributed by atoms with Crippen molar-refractivity contribution >= 4 is 39.0 Å². The van der Waals surface area contributed by atoms with Crippen molar-refractivity contribution in [2.24, 2.45) is 0 Å². The number of aromatic nitrogens is 2. The largest absolute Gasteiger partial charge is 0.461 e. The molecule has 4 aromatic rings. The molecule has 2 heterocycles. The molecule has 0 atom stereocenters. The molecule has 0 aliphatic rings. The minimum absolute atomic E-state index is 0.0211. The summed E-state index contributed by atoms with van der Waals surface area (Å²) in [4.78, 5) is 38.4. The van der Waals surface area contributed by atoms with Crippen LogP contribution in [0.25, 0.3) is 16.5 Å². The highest BCUT2D eigenvalue weighted by Gasteiger charge is 2.23. The van der Waals surface area contributed by atoms with Gasteiger partial charge in [0.2, 0.25) is 0 Å². The van der Waals surface area contributed by atoms with Gasteiger partial charge in [-0.3, -0.25) is 9.59 Å². The van der Waals surface area contributed by atoms with Crippen LogP contribution in [-0.2, 0) is 4.74 Å². The first-order valence-electron chi connectivity index (χ1n) is 9.43. The van der Waals surface area contributed by atoms with Crippen LogP contribution < -0.4 is 10.9 Å². The number of halogens is 2. The number of benzene rings is 2. The number of rotatable bonds is 5. The van der Waals surface area contributed by atoms with Gasteiger partial charge < -0.3 is 10.1 Å². The Bertz CT molecular complexity index is 1400. The van der Waals surface area contributed by atoms with Gasteiger partial charge in [0, 0.05) is 16.3 Å². The summed E-state index contributed by atoms with van der Waals surface area (Å²) in [6.07, 6.45) is 0. The quantitative estimate of drug-likeness (QED) is 0.457. The van der Waals surface area contributed by atoms with Gasteiger partial charge in [0.05, 0.1) is 17.7 Å². The Labute approximate surface area is 183 Å². The van der Waals surface area contributed by atoms with Crippen LogP contribution in [0.1, 0.15) is 27.8 Å². The summed E-state index contributed by atoms with van der Waals surface area (Å²) in [5.41, 5.74) is -0.527. The number of hydrogen-bond donors (Lipinski definition) is 1. The molecule has 0 radical (unpaired) electrons. The Kier molecular flexibility index (Phi) is 5.78. The monoisotopic (exact) mass is 455 g/mol. The summed E-state index contributed by atoms with van der Waals surface area (Å²) >= 11 is 1.02. The van der Waals surface area contributed by atoms with Gasteiger partial charge in [-0.05, 0) is 49.4 Å². The van der Waals surface area contributed by atoms with E-state index in [4.69, 9.17) is 4.74 Å². The van der Waals surface area contributed by atoms with Crippen molar-refractivity contribution in [1.29, 1.82) is 0 Å². The van der Waals surface area contributed by atoms with E-state index in [0.29, 0.717) is 0 Å². The lowest BCUT2D eigenvalue weighted by Crippen LogP contribution is -2.25. The average molecular weight is 455 g/mol. The molecule has 0 bridgehead atoms. The molecule has 10 heteroatoms. The van der Waals surface area contributed by atoms with Gasteiger partial charge in [-0.25, -0.2) is 13.6 Å². The van der Waals surface area contributed by atoms with Crippen molar-refractivity contribution in [2.75, 3.05) is 11.9 Å². The number of ether oxygens (including phenoxy) is 1.